The van der Waals surface area contributed by atoms with Crippen molar-refractivity contribution in [2.75, 3.05) is 30.8 Å². The Morgan fingerprint density at radius 3 is 3.12 bits per heavy atom. The molecule has 0 aromatic heterocycles. The van der Waals surface area contributed by atoms with Crippen LogP contribution in [0, 0.1) is 0 Å². The summed E-state index contributed by atoms with van der Waals surface area (Å²) in [5.41, 5.74) is 8.95. The van der Waals surface area contributed by atoms with Crippen molar-refractivity contribution in [3.8, 4) is 0 Å². The molecule has 1 aliphatic heterocycles. The maximum absolute atomic E-state index is 11.3. The largest absolute Gasteiger partial charge is 0.468 e. The quantitative estimate of drug-likeness (QED) is 0.601. The van der Waals surface area contributed by atoms with Gasteiger partial charge in [-0.2, -0.15) is 0 Å². The van der Waals surface area contributed by atoms with Crippen molar-refractivity contribution in [1.29, 1.82) is 0 Å². The van der Waals surface area contributed by atoms with Crippen molar-refractivity contribution in [2.45, 2.75) is 12.8 Å². The minimum atomic E-state index is -0.213. The normalized spacial score (nSPS) is 14.4. The molecular weight excluding hydrogens is 204 g/mol. The van der Waals surface area contributed by atoms with Gasteiger partial charge in [0.05, 0.1) is 7.11 Å². The van der Waals surface area contributed by atoms with Crippen LogP contribution in [0.3, 0.4) is 0 Å². The van der Waals surface area contributed by atoms with Crippen molar-refractivity contribution in [3.63, 3.8) is 0 Å². The first-order valence-electron chi connectivity index (χ1n) is 5.41. The van der Waals surface area contributed by atoms with Gasteiger partial charge in [0.2, 0.25) is 0 Å². The average molecular weight is 220 g/mol. The molecule has 0 spiro atoms. The van der Waals surface area contributed by atoms with Crippen molar-refractivity contribution in [2.24, 2.45) is 0 Å². The van der Waals surface area contributed by atoms with Crippen LogP contribution in [0.1, 0.15) is 12.0 Å². The first-order valence-corrected chi connectivity index (χ1v) is 5.41. The van der Waals surface area contributed by atoms with Gasteiger partial charge < -0.3 is 15.4 Å². The maximum Gasteiger partial charge on any atom is 0.325 e. The molecule has 0 amide bonds. The van der Waals surface area contributed by atoms with Gasteiger partial charge in [-0.1, -0.05) is 6.07 Å². The monoisotopic (exact) mass is 220 g/mol. The Morgan fingerprint density at radius 1 is 1.56 bits per heavy atom. The molecule has 86 valence electrons. The third-order valence-corrected chi connectivity index (χ3v) is 2.93. The van der Waals surface area contributed by atoms with Gasteiger partial charge in [0, 0.05) is 17.9 Å². The van der Waals surface area contributed by atoms with Crippen LogP contribution in [0.15, 0.2) is 18.2 Å². The van der Waals surface area contributed by atoms with E-state index in [-0.39, 0.29) is 5.97 Å². The number of methoxy groups -OCH3 is 1. The van der Waals surface area contributed by atoms with Crippen LogP contribution in [0.25, 0.3) is 0 Å². The molecule has 0 radical (unpaired) electrons. The van der Waals surface area contributed by atoms with Gasteiger partial charge in [0.25, 0.3) is 0 Å². The molecule has 0 bridgehead atoms. The van der Waals surface area contributed by atoms with E-state index >= 15 is 0 Å². The molecule has 1 aromatic carbocycles. The number of benzene rings is 1. The molecule has 1 aliphatic rings. The Hall–Kier alpha value is -1.71. The second-order valence-electron chi connectivity index (χ2n) is 3.95. The van der Waals surface area contributed by atoms with E-state index in [9.17, 15) is 4.79 Å². The highest BCUT2D eigenvalue weighted by Crippen LogP contribution is 2.30. The van der Waals surface area contributed by atoms with Gasteiger partial charge in [-0.05, 0) is 30.5 Å². The Morgan fingerprint density at radius 2 is 2.38 bits per heavy atom. The lowest BCUT2D eigenvalue weighted by Gasteiger charge is -2.30. The highest BCUT2D eigenvalue weighted by molar-refractivity contribution is 5.78. The zero-order chi connectivity index (χ0) is 11.5. The van der Waals surface area contributed by atoms with E-state index in [0.29, 0.717) is 6.54 Å². The number of ether oxygens (including phenoxy) is 1. The number of esters is 1. The molecule has 4 heteroatoms. The third kappa shape index (κ3) is 1.96. The zero-order valence-corrected chi connectivity index (χ0v) is 9.40. The number of anilines is 2. The number of nitrogens with two attached hydrogens (primary N) is 1. The summed E-state index contributed by atoms with van der Waals surface area (Å²) in [5, 5.41) is 0. The zero-order valence-electron chi connectivity index (χ0n) is 9.40. The van der Waals surface area contributed by atoms with E-state index in [0.717, 1.165) is 36.3 Å². The number of rotatable bonds is 2. The fourth-order valence-corrected chi connectivity index (χ4v) is 2.11. The Kier molecular flexibility index (Phi) is 2.99. The van der Waals surface area contributed by atoms with Gasteiger partial charge in [-0.15, -0.1) is 0 Å². The summed E-state index contributed by atoms with van der Waals surface area (Å²) in [5.74, 6) is -0.213. The molecule has 0 unspecified atom stereocenters. The first kappa shape index (κ1) is 10.8. The minimum absolute atomic E-state index is 0.213. The van der Waals surface area contributed by atoms with E-state index in [1.54, 1.807) is 0 Å². The van der Waals surface area contributed by atoms with Crippen LogP contribution in [-0.4, -0.2) is 26.2 Å². The van der Waals surface area contributed by atoms with Crippen LogP contribution in [0.4, 0.5) is 11.4 Å². The van der Waals surface area contributed by atoms with Gasteiger partial charge in [-0.3, -0.25) is 4.79 Å². The SMILES string of the molecule is COC(=O)CN1CCCc2c(N)cccc21. The van der Waals surface area contributed by atoms with E-state index in [4.69, 9.17) is 5.73 Å². The van der Waals surface area contributed by atoms with E-state index in [1.807, 2.05) is 23.1 Å². The van der Waals surface area contributed by atoms with Crippen LogP contribution >= 0.6 is 0 Å². The van der Waals surface area contributed by atoms with Gasteiger partial charge in [-0.25, -0.2) is 0 Å². The lowest BCUT2D eigenvalue weighted by molar-refractivity contribution is -0.138. The number of carbonyl (C=O) groups excluding carboxylic acids is 1. The van der Waals surface area contributed by atoms with Crippen LogP contribution in [-0.2, 0) is 16.0 Å². The smallest absolute Gasteiger partial charge is 0.325 e. The lowest BCUT2D eigenvalue weighted by atomic mass is 10.00. The molecule has 2 rings (SSSR count). The maximum atomic E-state index is 11.3. The molecular formula is C12H16N2O2. The van der Waals surface area contributed by atoms with Crippen molar-refractivity contribution in [3.05, 3.63) is 23.8 Å². The molecule has 1 aromatic rings. The summed E-state index contributed by atoms with van der Waals surface area (Å²) in [7, 11) is 1.41. The highest BCUT2D eigenvalue weighted by atomic mass is 16.5. The highest BCUT2D eigenvalue weighted by Gasteiger charge is 2.20. The predicted octanol–water partition coefficient (Wildman–Crippen LogP) is 1.19. The summed E-state index contributed by atoms with van der Waals surface area (Å²) in [4.78, 5) is 13.3. The number of nitrogens with zero attached hydrogens (tertiary/aromatic N) is 1. The van der Waals surface area contributed by atoms with Gasteiger partial charge in [0.15, 0.2) is 0 Å². The summed E-state index contributed by atoms with van der Waals surface area (Å²) in [6, 6.07) is 5.83. The Labute approximate surface area is 95.0 Å². The predicted molar refractivity (Wildman–Crippen MR) is 63.4 cm³/mol. The third-order valence-electron chi connectivity index (χ3n) is 2.93. The molecule has 0 saturated heterocycles. The Balaban J connectivity index is 2.26. The van der Waals surface area contributed by atoms with Crippen LogP contribution in [0.5, 0.6) is 0 Å². The summed E-state index contributed by atoms with van der Waals surface area (Å²) in [6.07, 6.45) is 2.01. The second kappa shape index (κ2) is 4.43. The molecule has 2 N–H and O–H groups in total. The van der Waals surface area contributed by atoms with Crippen LogP contribution in [0.2, 0.25) is 0 Å². The number of carbonyl (C=O) groups is 1. The lowest BCUT2D eigenvalue weighted by Crippen LogP contribution is -2.35. The van der Waals surface area contributed by atoms with E-state index in [2.05, 4.69) is 4.74 Å². The van der Waals surface area contributed by atoms with E-state index in [1.165, 1.54) is 7.11 Å². The van der Waals surface area contributed by atoms with Crippen molar-refractivity contribution < 1.29 is 9.53 Å². The molecule has 0 fully saturated rings. The van der Waals surface area contributed by atoms with Gasteiger partial charge >= 0.3 is 5.97 Å². The number of hydrogen-bond acceptors (Lipinski definition) is 4. The summed E-state index contributed by atoms with van der Waals surface area (Å²) in [6.45, 7) is 1.18. The molecule has 1 heterocycles. The average Bonchev–Trinajstić information content (AvgIpc) is 2.30. The molecule has 4 nitrogen and oxygen atoms in total. The molecule has 0 atom stereocenters. The second-order valence-corrected chi connectivity index (χ2v) is 3.95. The fraction of sp³-hybridized carbons (Fsp3) is 0.417. The Bertz CT molecular complexity index is 404. The minimum Gasteiger partial charge on any atom is -0.468 e. The number of fused-ring (bicyclic) bond motifs is 1. The number of nitrogen functional groups attached to an aromatic ring is 1. The topological polar surface area (TPSA) is 55.6 Å². The molecule has 16 heavy (non-hydrogen) atoms. The summed E-state index contributed by atoms with van der Waals surface area (Å²) < 4.78 is 4.69. The summed E-state index contributed by atoms with van der Waals surface area (Å²) >= 11 is 0. The first-order chi connectivity index (χ1) is 7.72. The number of hydrogen-bond donors (Lipinski definition) is 1. The standard InChI is InChI=1S/C12H16N2O2/c1-16-12(15)8-14-7-3-4-9-10(13)5-2-6-11(9)14/h2,5-6H,3-4,7-8,13H2,1H3. The van der Waals surface area contributed by atoms with Crippen LogP contribution < -0.4 is 10.6 Å². The molecule has 0 saturated carbocycles. The fourth-order valence-electron chi connectivity index (χ4n) is 2.11. The van der Waals surface area contributed by atoms with Crippen molar-refractivity contribution >= 4 is 17.3 Å². The van der Waals surface area contributed by atoms with Gasteiger partial charge in [0.1, 0.15) is 6.54 Å². The molecule has 0 aliphatic carbocycles. The van der Waals surface area contributed by atoms with E-state index < -0.39 is 0 Å². The van der Waals surface area contributed by atoms with Crippen molar-refractivity contribution in [1.82, 2.24) is 0 Å².